The van der Waals surface area contributed by atoms with Crippen LogP contribution in [0.15, 0.2) is 194 Å². The van der Waals surface area contributed by atoms with Crippen LogP contribution >= 0.6 is 11.3 Å². The van der Waals surface area contributed by atoms with Crippen LogP contribution in [0.25, 0.3) is 59.4 Å². The van der Waals surface area contributed by atoms with Gasteiger partial charge in [0.05, 0.1) is 38.3 Å². The average Bonchev–Trinajstić information content (AvgIpc) is 3.96. The Hall–Kier alpha value is -7.15. The van der Waals surface area contributed by atoms with E-state index in [1.165, 1.54) is 43.4 Å². The lowest BCUT2D eigenvalue weighted by atomic mass is 9.95. The minimum Gasteiger partial charge on any atom is -0.457 e. The first-order chi connectivity index (χ1) is 27.8. The Balaban J connectivity index is 0.979. The molecule has 0 saturated carbocycles. The summed E-state index contributed by atoms with van der Waals surface area (Å²) in [4.78, 5) is 9.89. The van der Waals surface area contributed by atoms with Gasteiger partial charge in [0.15, 0.2) is 5.13 Å². The summed E-state index contributed by atoms with van der Waals surface area (Å²) in [5.74, 6) is 1.54. The molecular weight excluding hydrogens is 705 g/mol. The van der Waals surface area contributed by atoms with Crippen molar-refractivity contribution in [1.82, 2.24) is 9.55 Å². The normalized spacial score (nSPS) is 12.5. The molecule has 266 valence electrons. The second-order valence-corrected chi connectivity index (χ2v) is 15.0. The van der Waals surface area contributed by atoms with Gasteiger partial charge in [-0.15, -0.1) is 0 Å². The molecule has 0 amide bonds. The van der Waals surface area contributed by atoms with Gasteiger partial charge in [0.25, 0.3) is 0 Å². The summed E-state index contributed by atoms with van der Waals surface area (Å²) in [6.45, 7) is 0.640. The molecular formula is C50H34N4OS. The summed E-state index contributed by atoms with van der Waals surface area (Å²) in [5, 5.41) is 3.30. The summed E-state index contributed by atoms with van der Waals surface area (Å²) in [7, 11) is 0. The predicted octanol–water partition coefficient (Wildman–Crippen LogP) is 13.8. The van der Waals surface area contributed by atoms with Crippen LogP contribution in [-0.4, -0.2) is 16.2 Å². The fourth-order valence-corrected chi connectivity index (χ4v) is 9.18. The molecule has 2 aromatic heterocycles. The molecule has 1 aliphatic heterocycles. The zero-order valence-electron chi connectivity index (χ0n) is 30.3. The van der Waals surface area contributed by atoms with E-state index in [1.807, 2.05) is 12.1 Å². The second-order valence-electron chi connectivity index (χ2n) is 14.0. The molecule has 6 heteroatoms. The number of aromatic nitrogens is 2. The van der Waals surface area contributed by atoms with Gasteiger partial charge in [0, 0.05) is 39.7 Å². The van der Waals surface area contributed by atoms with Crippen molar-refractivity contribution >= 4 is 66.1 Å². The van der Waals surface area contributed by atoms with E-state index in [4.69, 9.17) is 9.72 Å². The molecule has 11 rings (SSSR count). The maximum atomic E-state index is 6.72. The first kappa shape index (κ1) is 32.3. The summed E-state index contributed by atoms with van der Waals surface area (Å²) in [6.07, 6.45) is 0. The largest absolute Gasteiger partial charge is 0.457 e. The van der Waals surface area contributed by atoms with Crippen molar-refractivity contribution in [3.63, 3.8) is 0 Å². The fourth-order valence-electron chi connectivity index (χ4n) is 8.19. The van der Waals surface area contributed by atoms with Gasteiger partial charge in [-0.25, -0.2) is 4.98 Å². The van der Waals surface area contributed by atoms with Crippen molar-refractivity contribution in [2.75, 3.05) is 16.5 Å². The highest BCUT2D eigenvalue weighted by atomic mass is 32.1. The lowest BCUT2D eigenvalue weighted by Gasteiger charge is -2.27. The van der Waals surface area contributed by atoms with Gasteiger partial charge >= 0.3 is 0 Å². The molecule has 56 heavy (non-hydrogen) atoms. The monoisotopic (exact) mass is 738 g/mol. The van der Waals surface area contributed by atoms with Crippen molar-refractivity contribution in [2.24, 2.45) is 0 Å². The average molecular weight is 739 g/mol. The third-order valence-corrected chi connectivity index (χ3v) is 11.7. The molecule has 0 N–H and O–H groups in total. The van der Waals surface area contributed by atoms with Crippen molar-refractivity contribution in [3.8, 4) is 38.9 Å². The zero-order valence-corrected chi connectivity index (χ0v) is 31.1. The quantitative estimate of drug-likeness (QED) is 0.163. The van der Waals surface area contributed by atoms with Crippen molar-refractivity contribution in [2.45, 2.75) is 0 Å². The molecule has 0 radical (unpaired) electrons. The Morgan fingerprint density at radius 3 is 1.88 bits per heavy atom. The van der Waals surface area contributed by atoms with Crippen LogP contribution in [0.1, 0.15) is 0 Å². The Labute approximate surface area is 328 Å². The molecule has 1 aliphatic rings. The van der Waals surface area contributed by atoms with E-state index in [9.17, 15) is 0 Å². The highest BCUT2D eigenvalue weighted by Crippen LogP contribution is 2.50. The highest BCUT2D eigenvalue weighted by Gasteiger charge is 2.31. The lowest BCUT2D eigenvalue weighted by Crippen LogP contribution is -2.24. The van der Waals surface area contributed by atoms with E-state index >= 15 is 0 Å². The molecule has 0 atom stereocenters. The van der Waals surface area contributed by atoms with Crippen molar-refractivity contribution < 1.29 is 4.74 Å². The van der Waals surface area contributed by atoms with Crippen LogP contribution < -0.4 is 14.5 Å². The van der Waals surface area contributed by atoms with Gasteiger partial charge in [-0.2, -0.15) is 0 Å². The number of thiazole rings is 1. The number of hydrogen-bond donors (Lipinski definition) is 0. The standard InChI is InChI=1S/C50H34N4OS/c1-3-15-34(16-4-1)39-22-14-23-40(35-17-5-2-6-18-35)49(39)53-33-52(45-26-10-11-27-46(45)53)36-19-13-20-37(31-36)55-38-29-30-42-41-21-7-9-25-44(41)54(47(42)32-38)50-51-43-24-8-12-28-48(43)56-50/h1-32H,33H2. The lowest BCUT2D eigenvalue weighted by molar-refractivity contribution is 0.483. The van der Waals surface area contributed by atoms with Gasteiger partial charge < -0.3 is 14.5 Å². The van der Waals surface area contributed by atoms with Crippen LogP contribution in [0.2, 0.25) is 0 Å². The Bertz CT molecular complexity index is 2970. The van der Waals surface area contributed by atoms with Gasteiger partial charge in [-0.05, 0) is 65.7 Å². The molecule has 5 nitrogen and oxygen atoms in total. The highest BCUT2D eigenvalue weighted by molar-refractivity contribution is 7.20. The molecule has 10 aromatic rings. The summed E-state index contributed by atoms with van der Waals surface area (Å²) >= 11 is 1.70. The number of fused-ring (bicyclic) bond motifs is 5. The summed E-state index contributed by atoms with van der Waals surface area (Å²) in [5.41, 5.74) is 12.5. The Kier molecular flexibility index (Phi) is 7.67. The minimum atomic E-state index is 0.640. The molecule has 0 bridgehead atoms. The van der Waals surface area contributed by atoms with E-state index in [1.54, 1.807) is 11.3 Å². The molecule has 0 saturated heterocycles. The van der Waals surface area contributed by atoms with Gasteiger partial charge in [-0.3, -0.25) is 4.57 Å². The molecule has 0 fully saturated rings. The maximum Gasteiger partial charge on any atom is 0.195 e. The maximum absolute atomic E-state index is 6.72. The minimum absolute atomic E-state index is 0.640. The third-order valence-electron chi connectivity index (χ3n) is 10.7. The molecule has 8 aromatic carbocycles. The number of para-hydroxylation sites is 5. The number of hydrogen-bond acceptors (Lipinski definition) is 5. The van der Waals surface area contributed by atoms with Crippen molar-refractivity contribution in [1.29, 1.82) is 0 Å². The Morgan fingerprint density at radius 2 is 1.11 bits per heavy atom. The van der Waals surface area contributed by atoms with E-state index in [-0.39, 0.29) is 0 Å². The Morgan fingerprint density at radius 1 is 0.482 bits per heavy atom. The van der Waals surface area contributed by atoms with E-state index in [0.29, 0.717) is 6.67 Å². The third kappa shape index (κ3) is 5.42. The number of nitrogens with zero attached hydrogens (tertiary/aromatic N) is 4. The first-order valence-electron chi connectivity index (χ1n) is 18.8. The number of rotatable bonds is 7. The predicted molar refractivity (Wildman–Crippen MR) is 233 cm³/mol. The molecule has 0 aliphatic carbocycles. The topological polar surface area (TPSA) is 33.5 Å². The van der Waals surface area contributed by atoms with Crippen LogP contribution in [0.3, 0.4) is 0 Å². The summed E-state index contributed by atoms with van der Waals surface area (Å²) in [6, 6.07) is 68.4. The van der Waals surface area contributed by atoms with Crippen molar-refractivity contribution in [3.05, 3.63) is 194 Å². The van der Waals surface area contributed by atoms with Gasteiger partial charge in [0.2, 0.25) is 0 Å². The molecule has 0 unspecified atom stereocenters. The second kappa shape index (κ2) is 13.3. The SMILES string of the molecule is c1ccc(-c2cccc(-c3ccccc3)c2N2CN(c3cccc(Oc4ccc5c6ccccc6n(-c6nc7ccccc7s6)c5c4)c3)c3ccccc32)cc1. The zero-order chi connectivity index (χ0) is 37.0. The van der Waals surface area contributed by atoms with Crippen LogP contribution in [0, 0.1) is 0 Å². The van der Waals surface area contributed by atoms with Gasteiger partial charge in [-0.1, -0.05) is 139 Å². The van der Waals surface area contributed by atoms with E-state index in [0.717, 1.165) is 50.2 Å². The van der Waals surface area contributed by atoms with Gasteiger partial charge in [0.1, 0.15) is 18.2 Å². The fraction of sp³-hybridized carbons (Fsp3) is 0.0200. The van der Waals surface area contributed by atoms with E-state index in [2.05, 4.69) is 196 Å². The number of ether oxygens (including phenoxy) is 1. The van der Waals surface area contributed by atoms with Crippen LogP contribution in [0.4, 0.5) is 22.7 Å². The first-order valence-corrected chi connectivity index (χ1v) is 19.6. The van der Waals surface area contributed by atoms with Crippen LogP contribution in [-0.2, 0) is 0 Å². The smallest absolute Gasteiger partial charge is 0.195 e. The van der Waals surface area contributed by atoms with Crippen LogP contribution in [0.5, 0.6) is 11.5 Å². The van der Waals surface area contributed by atoms with E-state index < -0.39 is 0 Å². The number of benzene rings is 8. The summed E-state index contributed by atoms with van der Waals surface area (Å²) < 4.78 is 10.2. The number of anilines is 4. The molecule has 3 heterocycles. The molecule has 0 spiro atoms.